The molecule has 1 heterocycles. The van der Waals surface area contributed by atoms with Crippen molar-refractivity contribution in [1.29, 1.82) is 0 Å². The number of nitrogens with two attached hydrogens (primary N) is 1. The van der Waals surface area contributed by atoms with Gasteiger partial charge in [0.05, 0.1) is 19.8 Å². The topological polar surface area (TPSA) is 131 Å². The van der Waals surface area contributed by atoms with Gasteiger partial charge >= 0.3 is 18.0 Å². The minimum absolute atomic E-state index is 0.0450. The maximum absolute atomic E-state index is 12.2. The molecule has 0 aliphatic carbocycles. The quantitative estimate of drug-likeness (QED) is 0.706. The van der Waals surface area contributed by atoms with E-state index in [0.717, 1.165) is 0 Å². The number of benzene rings is 1. The molecule has 4 amide bonds. The molecule has 1 atom stereocenters. The van der Waals surface area contributed by atoms with E-state index in [4.69, 9.17) is 15.2 Å². The molecular formula is C15H17N3O6. The molecule has 128 valence electrons. The number of amides is 4. The lowest BCUT2D eigenvalue weighted by Gasteiger charge is -2.35. The normalized spacial score (nSPS) is 17.4. The first kappa shape index (κ1) is 17.1. The Morgan fingerprint density at radius 1 is 1.33 bits per heavy atom. The van der Waals surface area contributed by atoms with Gasteiger partial charge in [0.1, 0.15) is 6.04 Å². The van der Waals surface area contributed by atoms with Crippen LogP contribution in [-0.4, -0.2) is 42.3 Å². The Balaban J connectivity index is 2.69. The van der Waals surface area contributed by atoms with Crippen LogP contribution in [0.3, 0.4) is 0 Å². The SMILES string of the molecule is COC(=O)C1=C(C)NC(=O)N(C(N)=O)C1c1ccc(O)c(OC)c1. The van der Waals surface area contributed by atoms with E-state index in [1.54, 1.807) is 0 Å². The van der Waals surface area contributed by atoms with Gasteiger partial charge in [-0.1, -0.05) is 6.07 Å². The Bertz CT molecular complexity index is 743. The summed E-state index contributed by atoms with van der Waals surface area (Å²) in [4.78, 5) is 36.8. The molecule has 0 bridgehead atoms. The third-order valence-corrected chi connectivity index (χ3v) is 3.61. The largest absolute Gasteiger partial charge is 0.504 e. The van der Waals surface area contributed by atoms with Crippen LogP contribution < -0.4 is 15.8 Å². The summed E-state index contributed by atoms with van der Waals surface area (Å²) in [6, 6.07) is 1.25. The van der Waals surface area contributed by atoms with E-state index in [0.29, 0.717) is 10.5 Å². The van der Waals surface area contributed by atoms with Gasteiger partial charge in [0.25, 0.3) is 0 Å². The molecule has 1 aliphatic rings. The van der Waals surface area contributed by atoms with Crippen molar-refractivity contribution in [2.45, 2.75) is 13.0 Å². The van der Waals surface area contributed by atoms with Gasteiger partial charge < -0.3 is 25.6 Å². The van der Waals surface area contributed by atoms with Crippen molar-refractivity contribution in [2.75, 3.05) is 14.2 Å². The zero-order valence-corrected chi connectivity index (χ0v) is 13.3. The van der Waals surface area contributed by atoms with E-state index >= 15 is 0 Å². The van der Waals surface area contributed by atoms with Crippen molar-refractivity contribution < 1.29 is 29.0 Å². The first-order valence-electron chi connectivity index (χ1n) is 6.87. The number of urea groups is 2. The van der Waals surface area contributed by atoms with Crippen LogP contribution in [0.2, 0.25) is 0 Å². The van der Waals surface area contributed by atoms with Crippen LogP contribution in [0.5, 0.6) is 11.5 Å². The molecule has 24 heavy (non-hydrogen) atoms. The van der Waals surface area contributed by atoms with Crippen LogP contribution >= 0.6 is 0 Å². The molecule has 1 unspecified atom stereocenters. The Kier molecular flexibility index (Phi) is 4.63. The number of imide groups is 1. The highest BCUT2D eigenvalue weighted by Crippen LogP contribution is 2.37. The van der Waals surface area contributed by atoms with Crippen LogP contribution in [-0.2, 0) is 9.53 Å². The molecule has 0 radical (unpaired) electrons. The van der Waals surface area contributed by atoms with Gasteiger partial charge in [0, 0.05) is 5.70 Å². The average molecular weight is 335 g/mol. The standard InChI is InChI=1S/C15H17N3O6/c1-7-11(13(20)24-3)12(18(14(16)21)15(22)17-7)8-4-5-9(19)10(6-8)23-2/h4-6,12,19H,1-3H3,(H2,16,21)(H,17,22). The van der Waals surface area contributed by atoms with Gasteiger partial charge in [-0.15, -0.1) is 0 Å². The second-order valence-electron chi connectivity index (χ2n) is 5.00. The van der Waals surface area contributed by atoms with Gasteiger partial charge in [-0.2, -0.15) is 0 Å². The minimum Gasteiger partial charge on any atom is -0.504 e. The summed E-state index contributed by atoms with van der Waals surface area (Å²) in [6.07, 6.45) is 0. The molecule has 4 N–H and O–H groups in total. The number of hydrogen-bond donors (Lipinski definition) is 3. The van der Waals surface area contributed by atoms with E-state index in [9.17, 15) is 19.5 Å². The van der Waals surface area contributed by atoms with Crippen LogP contribution in [0.1, 0.15) is 18.5 Å². The summed E-state index contributed by atoms with van der Waals surface area (Å²) < 4.78 is 9.78. The number of methoxy groups -OCH3 is 2. The fraction of sp³-hybridized carbons (Fsp3) is 0.267. The van der Waals surface area contributed by atoms with E-state index in [1.165, 1.54) is 39.3 Å². The van der Waals surface area contributed by atoms with E-state index in [1.807, 2.05) is 0 Å². The van der Waals surface area contributed by atoms with Crippen LogP contribution in [0.15, 0.2) is 29.5 Å². The molecular weight excluding hydrogens is 318 g/mol. The number of esters is 1. The number of aromatic hydroxyl groups is 1. The molecule has 1 aromatic rings. The third kappa shape index (κ3) is 2.83. The monoisotopic (exact) mass is 335 g/mol. The number of carbonyl (C=O) groups excluding carboxylic acids is 3. The van der Waals surface area contributed by atoms with E-state index < -0.39 is 24.1 Å². The number of phenols is 1. The number of allylic oxidation sites excluding steroid dienone is 1. The number of phenolic OH excluding ortho intramolecular Hbond substituents is 1. The van der Waals surface area contributed by atoms with Gasteiger partial charge in [0.2, 0.25) is 0 Å². The van der Waals surface area contributed by atoms with E-state index in [2.05, 4.69) is 5.32 Å². The lowest BCUT2D eigenvalue weighted by Crippen LogP contribution is -2.53. The van der Waals surface area contributed by atoms with Gasteiger partial charge in [-0.05, 0) is 24.6 Å². The molecule has 0 saturated carbocycles. The first-order valence-corrected chi connectivity index (χ1v) is 6.87. The molecule has 1 aromatic carbocycles. The lowest BCUT2D eigenvalue weighted by molar-refractivity contribution is -0.136. The summed E-state index contributed by atoms with van der Waals surface area (Å²) in [5, 5.41) is 12.1. The second-order valence-corrected chi connectivity index (χ2v) is 5.00. The highest BCUT2D eigenvalue weighted by molar-refractivity contribution is 6.01. The molecule has 0 fully saturated rings. The smallest absolute Gasteiger partial charge is 0.337 e. The Labute approximate surface area is 137 Å². The molecule has 9 nitrogen and oxygen atoms in total. The molecule has 0 spiro atoms. The highest BCUT2D eigenvalue weighted by Gasteiger charge is 2.41. The fourth-order valence-electron chi connectivity index (χ4n) is 2.52. The van der Waals surface area contributed by atoms with Gasteiger partial charge in [-0.25, -0.2) is 19.3 Å². The molecule has 2 rings (SSSR count). The maximum Gasteiger partial charge on any atom is 0.337 e. The number of rotatable bonds is 3. The Morgan fingerprint density at radius 3 is 2.54 bits per heavy atom. The predicted molar refractivity (Wildman–Crippen MR) is 82.1 cm³/mol. The number of carbonyl (C=O) groups is 3. The van der Waals surface area contributed by atoms with Crippen molar-refractivity contribution in [3.8, 4) is 11.5 Å². The zero-order valence-electron chi connectivity index (χ0n) is 13.3. The number of nitrogens with one attached hydrogen (secondary N) is 1. The number of ether oxygens (including phenoxy) is 2. The minimum atomic E-state index is -1.11. The average Bonchev–Trinajstić information content (AvgIpc) is 2.53. The fourth-order valence-corrected chi connectivity index (χ4v) is 2.52. The zero-order chi connectivity index (χ0) is 18.0. The summed E-state index contributed by atoms with van der Waals surface area (Å²) in [7, 11) is 2.53. The molecule has 9 heteroatoms. The second kappa shape index (κ2) is 6.49. The molecule has 0 aromatic heterocycles. The van der Waals surface area contributed by atoms with Gasteiger partial charge in [-0.3, -0.25) is 0 Å². The van der Waals surface area contributed by atoms with E-state index in [-0.39, 0.29) is 22.8 Å². The predicted octanol–water partition coefficient (Wildman–Crippen LogP) is 0.993. The summed E-state index contributed by atoms with van der Waals surface area (Å²) >= 11 is 0. The Hall–Kier alpha value is -3.23. The van der Waals surface area contributed by atoms with Gasteiger partial charge in [0.15, 0.2) is 11.5 Å². The van der Waals surface area contributed by atoms with Crippen molar-refractivity contribution in [2.24, 2.45) is 5.73 Å². The third-order valence-electron chi connectivity index (χ3n) is 3.61. The Morgan fingerprint density at radius 2 is 2.00 bits per heavy atom. The molecule has 0 saturated heterocycles. The number of hydrogen-bond acceptors (Lipinski definition) is 6. The molecule has 1 aliphatic heterocycles. The van der Waals surface area contributed by atoms with Crippen LogP contribution in [0.4, 0.5) is 9.59 Å². The van der Waals surface area contributed by atoms with Crippen molar-refractivity contribution >= 4 is 18.0 Å². The lowest BCUT2D eigenvalue weighted by atomic mass is 9.93. The number of primary amides is 1. The summed E-state index contributed by atoms with van der Waals surface area (Å²) in [5.74, 6) is -0.743. The van der Waals surface area contributed by atoms with Crippen molar-refractivity contribution in [3.05, 3.63) is 35.0 Å². The summed E-state index contributed by atoms with van der Waals surface area (Å²) in [6.45, 7) is 1.51. The van der Waals surface area contributed by atoms with Crippen molar-refractivity contribution in [3.63, 3.8) is 0 Å². The van der Waals surface area contributed by atoms with Crippen molar-refractivity contribution in [1.82, 2.24) is 10.2 Å². The first-order chi connectivity index (χ1) is 11.3. The maximum atomic E-state index is 12.2. The van der Waals surface area contributed by atoms with Crippen LogP contribution in [0.25, 0.3) is 0 Å². The van der Waals surface area contributed by atoms with Crippen LogP contribution in [0, 0.1) is 0 Å². The highest BCUT2D eigenvalue weighted by atomic mass is 16.5. The summed E-state index contributed by atoms with van der Waals surface area (Å²) in [5.41, 5.74) is 5.93. The number of nitrogens with zero attached hydrogens (tertiary/aromatic N) is 1.